The van der Waals surface area contributed by atoms with Gasteiger partial charge >= 0.3 is 0 Å². The van der Waals surface area contributed by atoms with Crippen molar-refractivity contribution in [1.29, 1.82) is 0 Å². The number of rotatable bonds is 3. The third-order valence-electron chi connectivity index (χ3n) is 2.11. The van der Waals surface area contributed by atoms with E-state index in [0.29, 0.717) is 11.6 Å². The van der Waals surface area contributed by atoms with Gasteiger partial charge in [0.1, 0.15) is 0 Å². The number of hydrogen-bond donors (Lipinski definition) is 1. The van der Waals surface area contributed by atoms with Crippen molar-refractivity contribution in [3.8, 4) is 0 Å². The molecular formula is C10H11ClN2OS. The van der Waals surface area contributed by atoms with E-state index in [4.69, 9.17) is 21.8 Å². The Morgan fingerprint density at radius 2 is 2.47 bits per heavy atom. The molecule has 1 unspecified atom stereocenters. The topological polar surface area (TPSA) is 52.0 Å². The zero-order chi connectivity index (χ0) is 10.8. The van der Waals surface area contributed by atoms with Crippen molar-refractivity contribution in [1.82, 2.24) is 4.98 Å². The van der Waals surface area contributed by atoms with Crippen molar-refractivity contribution >= 4 is 22.9 Å². The average molecular weight is 243 g/mol. The van der Waals surface area contributed by atoms with E-state index in [1.165, 1.54) is 0 Å². The van der Waals surface area contributed by atoms with Crippen molar-refractivity contribution in [3.63, 3.8) is 0 Å². The lowest BCUT2D eigenvalue weighted by atomic mass is 10.1. The molecule has 0 spiro atoms. The summed E-state index contributed by atoms with van der Waals surface area (Å²) < 4.78 is 5.00. The highest BCUT2D eigenvalue weighted by Gasteiger charge is 2.14. The van der Waals surface area contributed by atoms with Gasteiger partial charge in [0.05, 0.1) is 11.3 Å². The van der Waals surface area contributed by atoms with Crippen LogP contribution >= 0.6 is 22.9 Å². The van der Waals surface area contributed by atoms with Crippen LogP contribution in [0.15, 0.2) is 22.1 Å². The first kappa shape index (κ1) is 10.7. The van der Waals surface area contributed by atoms with Crippen molar-refractivity contribution in [2.45, 2.75) is 19.4 Å². The summed E-state index contributed by atoms with van der Waals surface area (Å²) in [6.45, 7) is 1.97. The monoisotopic (exact) mass is 242 g/mol. The highest BCUT2D eigenvalue weighted by molar-refractivity contribution is 7.09. The summed E-state index contributed by atoms with van der Waals surface area (Å²) in [6, 6.07) is 1.65. The number of nitrogens with two attached hydrogens (primary N) is 1. The molecule has 0 aliphatic heterocycles. The van der Waals surface area contributed by atoms with Gasteiger partial charge in [-0.2, -0.15) is 0 Å². The van der Waals surface area contributed by atoms with E-state index in [2.05, 4.69) is 4.98 Å². The summed E-state index contributed by atoms with van der Waals surface area (Å²) in [5.41, 5.74) is 7.87. The van der Waals surface area contributed by atoms with E-state index >= 15 is 0 Å². The maximum absolute atomic E-state index is 6.00. The van der Waals surface area contributed by atoms with Crippen LogP contribution in [0.4, 0.5) is 0 Å². The first-order valence-corrected chi connectivity index (χ1v) is 5.82. The van der Waals surface area contributed by atoms with Crippen molar-refractivity contribution < 1.29 is 4.42 Å². The maximum Gasteiger partial charge on any atom is 0.197 e. The molecule has 0 fully saturated rings. The zero-order valence-corrected chi connectivity index (χ0v) is 9.81. The minimum Gasteiger partial charge on any atom is -0.453 e. The summed E-state index contributed by atoms with van der Waals surface area (Å²) in [4.78, 5) is 4.36. The first-order chi connectivity index (χ1) is 7.16. The van der Waals surface area contributed by atoms with E-state index in [0.717, 1.165) is 16.3 Å². The fraction of sp³-hybridized carbons (Fsp3) is 0.300. The molecule has 80 valence electrons. The molecule has 2 aromatic heterocycles. The van der Waals surface area contributed by atoms with E-state index < -0.39 is 0 Å². The Labute approximate surface area is 96.9 Å². The molecule has 3 nitrogen and oxygen atoms in total. The second-order valence-corrected chi connectivity index (χ2v) is 4.63. The predicted molar refractivity (Wildman–Crippen MR) is 61.2 cm³/mol. The molecule has 2 N–H and O–H groups in total. The van der Waals surface area contributed by atoms with Crippen LogP contribution in [0.1, 0.15) is 22.3 Å². The minimum atomic E-state index is -0.151. The van der Waals surface area contributed by atoms with Crippen LogP contribution in [0.5, 0.6) is 0 Å². The van der Waals surface area contributed by atoms with Gasteiger partial charge in [-0.3, -0.25) is 0 Å². The lowest BCUT2D eigenvalue weighted by Gasteiger charge is -2.07. The molecule has 0 radical (unpaired) electrons. The molecule has 0 amide bonds. The van der Waals surface area contributed by atoms with Crippen LogP contribution in [0, 0.1) is 6.92 Å². The first-order valence-electron chi connectivity index (χ1n) is 4.56. The molecule has 0 saturated heterocycles. The average Bonchev–Trinajstić information content (AvgIpc) is 2.75. The number of thiazole rings is 1. The van der Waals surface area contributed by atoms with Gasteiger partial charge in [0.15, 0.2) is 5.22 Å². The van der Waals surface area contributed by atoms with Crippen molar-refractivity contribution in [2.75, 3.05) is 0 Å². The molecular weight excluding hydrogens is 232 g/mol. The molecule has 0 aliphatic rings. The van der Waals surface area contributed by atoms with Crippen LogP contribution < -0.4 is 5.73 Å². The number of nitrogens with zero attached hydrogens (tertiary/aromatic N) is 1. The number of aryl methyl sites for hydroxylation is 1. The third kappa shape index (κ3) is 2.40. The van der Waals surface area contributed by atoms with Gasteiger partial charge in [-0.1, -0.05) is 0 Å². The molecule has 0 bridgehead atoms. The smallest absolute Gasteiger partial charge is 0.197 e. The number of hydrogen-bond acceptors (Lipinski definition) is 4. The fourth-order valence-electron chi connectivity index (χ4n) is 1.36. The quantitative estimate of drug-likeness (QED) is 0.900. The standard InChI is InChI=1S/C10H11ClN2OS/c1-6-5-15-9(13-6)4-8(12)7-2-3-14-10(7)11/h2-3,5,8H,4,12H2,1H3. The molecule has 0 aromatic carbocycles. The number of halogens is 1. The van der Waals surface area contributed by atoms with Crippen LogP contribution in [0.2, 0.25) is 5.22 Å². The van der Waals surface area contributed by atoms with Crippen LogP contribution in [-0.4, -0.2) is 4.98 Å². The molecule has 2 aromatic rings. The molecule has 2 rings (SSSR count). The second kappa shape index (κ2) is 4.35. The van der Waals surface area contributed by atoms with Gasteiger partial charge in [0.25, 0.3) is 0 Å². The van der Waals surface area contributed by atoms with E-state index in [1.807, 2.05) is 12.3 Å². The Hall–Kier alpha value is -0.840. The lowest BCUT2D eigenvalue weighted by molar-refractivity contribution is 0.560. The summed E-state index contributed by atoms with van der Waals surface area (Å²) in [6.07, 6.45) is 2.24. The Morgan fingerprint density at radius 3 is 3.00 bits per heavy atom. The van der Waals surface area contributed by atoms with Gasteiger partial charge in [-0.25, -0.2) is 4.98 Å². The molecule has 2 heterocycles. The van der Waals surface area contributed by atoms with Gasteiger partial charge in [-0.05, 0) is 24.6 Å². The second-order valence-electron chi connectivity index (χ2n) is 3.34. The Balaban J connectivity index is 2.10. The molecule has 15 heavy (non-hydrogen) atoms. The summed E-state index contributed by atoms with van der Waals surface area (Å²) in [5.74, 6) is 0. The van der Waals surface area contributed by atoms with Crippen molar-refractivity contribution in [3.05, 3.63) is 39.2 Å². The molecule has 5 heteroatoms. The van der Waals surface area contributed by atoms with Crippen molar-refractivity contribution in [2.24, 2.45) is 5.73 Å². The maximum atomic E-state index is 6.00. The highest BCUT2D eigenvalue weighted by atomic mass is 35.5. The largest absolute Gasteiger partial charge is 0.453 e. The van der Waals surface area contributed by atoms with Crippen LogP contribution in [-0.2, 0) is 6.42 Å². The third-order valence-corrected chi connectivity index (χ3v) is 3.40. The zero-order valence-electron chi connectivity index (χ0n) is 8.24. The van der Waals surface area contributed by atoms with E-state index in [1.54, 1.807) is 23.7 Å². The summed E-state index contributed by atoms with van der Waals surface area (Å²) >= 11 is 7.46. The predicted octanol–water partition coefficient (Wildman–Crippen LogP) is 2.94. The molecule has 0 saturated carbocycles. The van der Waals surface area contributed by atoms with Crippen LogP contribution in [0.3, 0.4) is 0 Å². The highest BCUT2D eigenvalue weighted by Crippen LogP contribution is 2.25. The minimum absolute atomic E-state index is 0.151. The lowest BCUT2D eigenvalue weighted by Crippen LogP contribution is -2.12. The normalized spacial score (nSPS) is 13.0. The summed E-state index contributed by atoms with van der Waals surface area (Å²) in [5, 5.41) is 3.41. The van der Waals surface area contributed by atoms with Gasteiger partial charge in [-0.15, -0.1) is 11.3 Å². The van der Waals surface area contributed by atoms with E-state index in [-0.39, 0.29) is 6.04 Å². The van der Waals surface area contributed by atoms with Gasteiger partial charge in [0, 0.05) is 29.1 Å². The SMILES string of the molecule is Cc1csc(CC(N)c2ccoc2Cl)n1. The summed E-state index contributed by atoms with van der Waals surface area (Å²) in [7, 11) is 0. The Morgan fingerprint density at radius 1 is 1.67 bits per heavy atom. The Kier molecular flexibility index (Phi) is 3.09. The molecule has 0 aliphatic carbocycles. The fourth-order valence-corrected chi connectivity index (χ4v) is 2.45. The Bertz CT molecular complexity index is 452. The van der Waals surface area contributed by atoms with Gasteiger partial charge < -0.3 is 10.2 Å². The van der Waals surface area contributed by atoms with E-state index in [9.17, 15) is 0 Å². The number of aromatic nitrogens is 1. The molecule has 1 atom stereocenters. The number of furan rings is 1. The van der Waals surface area contributed by atoms with Crippen LogP contribution in [0.25, 0.3) is 0 Å². The van der Waals surface area contributed by atoms with Gasteiger partial charge in [0.2, 0.25) is 0 Å².